The third-order valence-electron chi connectivity index (χ3n) is 8.64. The molecule has 13 heteroatoms. The van der Waals surface area contributed by atoms with E-state index in [1.165, 1.54) is 29.6 Å². The number of benzene rings is 1. The molecule has 4 rings (SSSR count). The molecule has 1 saturated carbocycles. The van der Waals surface area contributed by atoms with Crippen LogP contribution in [0.3, 0.4) is 0 Å². The molecule has 1 aromatic carbocycles. The monoisotopic (exact) mass is 619 g/mol. The Labute approximate surface area is 256 Å². The third-order valence-corrected chi connectivity index (χ3v) is 8.64. The zero-order valence-corrected chi connectivity index (χ0v) is 26.3. The van der Waals surface area contributed by atoms with Crippen molar-refractivity contribution in [2.75, 3.05) is 33.2 Å². The van der Waals surface area contributed by atoms with Gasteiger partial charge in [0.2, 0.25) is 17.6 Å². The van der Waals surface area contributed by atoms with Crippen LogP contribution in [0.25, 0.3) is 10.9 Å². The zero-order valence-electron chi connectivity index (χ0n) is 26.3. The summed E-state index contributed by atoms with van der Waals surface area (Å²) in [6.45, 7) is 7.69. The summed E-state index contributed by atoms with van der Waals surface area (Å²) in [7, 11) is 3.01. The molecule has 1 aliphatic carbocycles. The lowest BCUT2D eigenvalue weighted by Crippen LogP contribution is -2.59. The first kappa shape index (κ1) is 33.0. The first-order valence-corrected chi connectivity index (χ1v) is 15.1. The molecule has 11 nitrogen and oxygen atoms in total. The summed E-state index contributed by atoms with van der Waals surface area (Å²) < 4.78 is 34.6. The summed E-state index contributed by atoms with van der Waals surface area (Å²) in [6, 6.07) is 0.617. The van der Waals surface area contributed by atoms with Gasteiger partial charge in [0.25, 0.3) is 5.91 Å². The second-order valence-corrected chi connectivity index (χ2v) is 12.8. The molecule has 44 heavy (non-hydrogen) atoms. The number of aromatic hydroxyl groups is 1. The van der Waals surface area contributed by atoms with Crippen LogP contribution in [0.2, 0.25) is 0 Å². The van der Waals surface area contributed by atoms with Crippen LogP contribution in [-0.2, 0) is 21.4 Å². The number of carbonyl (C=O) groups excluding carboxylic acids is 4. The highest BCUT2D eigenvalue weighted by Gasteiger charge is 2.38. The molecule has 4 amide bonds. The van der Waals surface area contributed by atoms with E-state index >= 15 is 0 Å². The Kier molecular flexibility index (Phi) is 9.74. The maximum atomic E-state index is 13.9. The molecule has 0 spiro atoms. The number of rotatable bonds is 6. The molecule has 242 valence electrons. The number of fused-ring (bicyclic) bond motifs is 1. The van der Waals surface area contributed by atoms with Gasteiger partial charge in [-0.1, -0.05) is 19.3 Å². The van der Waals surface area contributed by atoms with Gasteiger partial charge >= 0.3 is 6.09 Å². The number of aromatic nitrogens is 1. The van der Waals surface area contributed by atoms with Crippen molar-refractivity contribution in [2.45, 2.75) is 77.5 Å². The summed E-state index contributed by atoms with van der Waals surface area (Å²) in [4.78, 5) is 57.5. The summed E-state index contributed by atoms with van der Waals surface area (Å²) in [5.74, 6) is -4.58. The average Bonchev–Trinajstić information content (AvgIpc) is 3.32. The molecule has 0 bridgehead atoms. The van der Waals surface area contributed by atoms with Crippen LogP contribution < -0.4 is 5.32 Å². The molecule has 1 saturated heterocycles. The van der Waals surface area contributed by atoms with E-state index in [9.17, 15) is 33.1 Å². The molecule has 2 heterocycles. The minimum Gasteiger partial charge on any atom is -0.504 e. The van der Waals surface area contributed by atoms with Gasteiger partial charge in [0.15, 0.2) is 11.6 Å². The van der Waals surface area contributed by atoms with Gasteiger partial charge < -0.3 is 29.5 Å². The fraction of sp³-hybridized carbons (Fsp3) is 0.613. The minimum atomic E-state index is -1.38. The fourth-order valence-electron chi connectivity index (χ4n) is 5.88. The van der Waals surface area contributed by atoms with Crippen molar-refractivity contribution in [3.05, 3.63) is 29.5 Å². The number of carbonyl (C=O) groups is 4. The number of hydrogen-bond donors (Lipinski definition) is 2. The van der Waals surface area contributed by atoms with Gasteiger partial charge in [-0.05, 0) is 52.5 Å². The summed E-state index contributed by atoms with van der Waals surface area (Å²) in [5, 5.41) is 13.0. The van der Waals surface area contributed by atoms with E-state index in [1.54, 1.807) is 37.5 Å². The lowest BCUT2D eigenvalue weighted by Gasteiger charge is -2.39. The molecule has 1 aliphatic heterocycles. The standard InChI is InChI=1S/C31H43F2N5O6/c1-18(35(5)30(43)44-31(2,3)4)27(40)34-25(19-10-8-7-9-11-19)29(42)38-14-12-37(13-15-38)28(41)23-16-20-22(36(23)6)17-21(32)24(33)26(20)39/h16-19,25,39H,7-15H2,1-6H3,(H,34,40). The first-order valence-electron chi connectivity index (χ1n) is 15.1. The van der Waals surface area contributed by atoms with E-state index in [0.717, 1.165) is 38.2 Å². The highest BCUT2D eigenvalue weighted by atomic mass is 19.2. The maximum Gasteiger partial charge on any atom is 0.410 e. The van der Waals surface area contributed by atoms with Crippen LogP contribution in [-0.4, -0.2) is 99.1 Å². The van der Waals surface area contributed by atoms with Crippen LogP contribution in [0.4, 0.5) is 13.6 Å². The minimum absolute atomic E-state index is 0.0289. The Morgan fingerprint density at radius 2 is 1.61 bits per heavy atom. The lowest BCUT2D eigenvalue weighted by molar-refractivity contribution is -0.140. The average molecular weight is 620 g/mol. The second-order valence-electron chi connectivity index (χ2n) is 12.8. The van der Waals surface area contributed by atoms with Crippen molar-refractivity contribution in [1.82, 2.24) is 24.6 Å². The third kappa shape index (κ3) is 6.91. The number of piperazine rings is 1. The van der Waals surface area contributed by atoms with Crippen molar-refractivity contribution < 1.29 is 37.8 Å². The number of halogens is 2. The Bertz CT molecular complexity index is 1420. The van der Waals surface area contributed by atoms with E-state index < -0.39 is 53.0 Å². The molecule has 2 unspecified atom stereocenters. The molecular formula is C31H43F2N5O6. The number of likely N-dealkylation sites (N-methyl/N-ethyl adjacent to an activating group) is 1. The number of ether oxygens (including phenoxy) is 1. The summed E-state index contributed by atoms with van der Waals surface area (Å²) in [6.07, 6.45) is 3.91. The smallest absolute Gasteiger partial charge is 0.410 e. The van der Waals surface area contributed by atoms with Crippen LogP contribution >= 0.6 is 0 Å². The van der Waals surface area contributed by atoms with Crippen molar-refractivity contribution >= 4 is 34.7 Å². The molecule has 2 fully saturated rings. The number of nitrogens with zero attached hydrogens (tertiary/aromatic N) is 4. The predicted octanol–water partition coefficient (Wildman–Crippen LogP) is 3.77. The van der Waals surface area contributed by atoms with E-state index in [1.807, 2.05) is 0 Å². The summed E-state index contributed by atoms with van der Waals surface area (Å²) >= 11 is 0. The number of amides is 4. The van der Waals surface area contributed by atoms with Gasteiger partial charge in [-0.25, -0.2) is 9.18 Å². The van der Waals surface area contributed by atoms with Crippen molar-refractivity contribution in [3.63, 3.8) is 0 Å². The van der Waals surface area contributed by atoms with Gasteiger partial charge in [0.05, 0.1) is 5.52 Å². The van der Waals surface area contributed by atoms with Crippen molar-refractivity contribution in [2.24, 2.45) is 13.0 Å². The number of phenolic OH excluding ortho intramolecular Hbond substituents is 1. The SMILES string of the molecule is CC(C(=O)NC(C(=O)N1CCN(C(=O)c2cc3c(O)c(F)c(F)cc3n2C)CC1)C1CCCCC1)N(C)C(=O)OC(C)(C)C. The zero-order chi connectivity index (χ0) is 32.5. The van der Waals surface area contributed by atoms with Gasteiger partial charge in [-0.15, -0.1) is 0 Å². The molecule has 1 aromatic heterocycles. The molecule has 2 aromatic rings. The van der Waals surface area contributed by atoms with Crippen LogP contribution in [0.15, 0.2) is 12.1 Å². The van der Waals surface area contributed by atoms with Gasteiger partial charge in [-0.2, -0.15) is 4.39 Å². The van der Waals surface area contributed by atoms with Crippen LogP contribution in [0.5, 0.6) is 5.75 Å². The topological polar surface area (TPSA) is 124 Å². The number of nitrogens with one attached hydrogen (secondary N) is 1. The van der Waals surface area contributed by atoms with E-state index in [-0.39, 0.29) is 54.6 Å². The van der Waals surface area contributed by atoms with E-state index in [2.05, 4.69) is 5.32 Å². The quantitative estimate of drug-likeness (QED) is 0.508. The predicted molar refractivity (Wildman–Crippen MR) is 159 cm³/mol. The Morgan fingerprint density at radius 1 is 1.02 bits per heavy atom. The fourth-order valence-corrected chi connectivity index (χ4v) is 5.88. The van der Waals surface area contributed by atoms with Crippen LogP contribution in [0, 0.1) is 17.6 Å². The number of hydrogen-bond acceptors (Lipinski definition) is 6. The normalized spacial score (nSPS) is 17.7. The van der Waals surface area contributed by atoms with Gasteiger partial charge in [0, 0.05) is 51.7 Å². The number of phenols is 1. The Morgan fingerprint density at radius 3 is 2.20 bits per heavy atom. The maximum absolute atomic E-state index is 13.9. The van der Waals surface area contributed by atoms with Gasteiger partial charge in [-0.3, -0.25) is 19.3 Å². The molecular weight excluding hydrogens is 576 g/mol. The molecule has 2 N–H and O–H groups in total. The highest BCUT2D eigenvalue weighted by Crippen LogP contribution is 2.33. The second kappa shape index (κ2) is 13.0. The Balaban J connectivity index is 1.44. The lowest BCUT2D eigenvalue weighted by atomic mass is 9.83. The van der Waals surface area contributed by atoms with Crippen LogP contribution in [0.1, 0.15) is 70.3 Å². The molecule has 2 aliphatic rings. The largest absolute Gasteiger partial charge is 0.504 e. The Hall–Kier alpha value is -3.90. The summed E-state index contributed by atoms with van der Waals surface area (Å²) in [5.41, 5.74) is -0.400. The van der Waals surface area contributed by atoms with Crippen molar-refractivity contribution in [1.29, 1.82) is 0 Å². The van der Waals surface area contributed by atoms with Crippen molar-refractivity contribution in [3.8, 4) is 5.75 Å². The molecule has 2 atom stereocenters. The first-order chi connectivity index (χ1) is 20.6. The van der Waals surface area contributed by atoms with E-state index in [4.69, 9.17) is 4.74 Å². The van der Waals surface area contributed by atoms with E-state index in [0.29, 0.717) is 0 Å². The highest BCUT2D eigenvalue weighted by molar-refractivity contribution is 6.00. The molecule has 0 radical (unpaired) electrons. The van der Waals surface area contributed by atoms with Gasteiger partial charge in [0.1, 0.15) is 23.4 Å². The number of aryl methyl sites for hydroxylation is 1.